The molecule has 0 bridgehead atoms. The van der Waals surface area contributed by atoms with E-state index in [2.05, 4.69) is 5.32 Å². The van der Waals surface area contributed by atoms with Crippen LogP contribution in [0.4, 0.5) is 0 Å². The Bertz CT molecular complexity index is 497. The first-order chi connectivity index (χ1) is 10.1. The monoisotopic (exact) mass is 330 g/mol. The number of nitrogens with one attached hydrogen (secondary N) is 1. The van der Waals surface area contributed by atoms with Gasteiger partial charge < -0.3 is 15.8 Å². The van der Waals surface area contributed by atoms with Gasteiger partial charge in [-0.2, -0.15) is 0 Å². The number of nitrogens with two attached hydrogens (primary N) is 1. The van der Waals surface area contributed by atoms with Gasteiger partial charge in [0.1, 0.15) is 5.75 Å². The Balaban J connectivity index is 1.84. The molecule has 3 N–H and O–H groups in total. The van der Waals surface area contributed by atoms with Crippen LogP contribution in [0.25, 0.3) is 0 Å². The van der Waals surface area contributed by atoms with Crippen molar-refractivity contribution in [3.63, 3.8) is 0 Å². The first-order valence-electron chi connectivity index (χ1n) is 7.17. The summed E-state index contributed by atoms with van der Waals surface area (Å²) in [6.45, 7) is 0.546. The van der Waals surface area contributed by atoms with E-state index in [1.807, 2.05) is 0 Å². The van der Waals surface area contributed by atoms with Crippen LogP contribution < -0.4 is 15.8 Å². The van der Waals surface area contributed by atoms with Gasteiger partial charge in [0.05, 0.1) is 5.02 Å². The molecule has 1 amide bonds. The number of benzene rings is 1. The second-order valence-corrected chi connectivity index (χ2v) is 6.16. The SMILES string of the molecule is NCC1CCCCC1NC(=O)COc1ccc(Cl)cc1Cl. The number of hydrogen-bond acceptors (Lipinski definition) is 3. The zero-order chi connectivity index (χ0) is 15.2. The number of carbonyl (C=O) groups is 1. The van der Waals surface area contributed by atoms with Gasteiger partial charge in [0.2, 0.25) is 0 Å². The van der Waals surface area contributed by atoms with Crippen molar-refractivity contribution in [1.29, 1.82) is 0 Å². The highest BCUT2D eigenvalue weighted by atomic mass is 35.5. The summed E-state index contributed by atoms with van der Waals surface area (Å²) in [5, 5.41) is 3.94. The molecule has 1 aromatic carbocycles. The fourth-order valence-electron chi connectivity index (χ4n) is 2.66. The summed E-state index contributed by atoms with van der Waals surface area (Å²) in [4.78, 5) is 12.0. The zero-order valence-corrected chi connectivity index (χ0v) is 13.3. The van der Waals surface area contributed by atoms with Crippen molar-refractivity contribution in [3.8, 4) is 5.75 Å². The third kappa shape index (κ3) is 4.77. The molecule has 1 aliphatic carbocycles. The van der Waals surface area contributed by atoms with Gasteiger partial charge in [-0.15, -0.1) is 0 Å². The smallest absolute Gasteiger partial charge is 0.258 e. The molecule has 0 aliphatic heterocycles. The molecule has 4 nitrogen and oxygen atoms in total. The summed E-state index contributed by atoms with van der Waals surface area (Å²) >= 11 is 11.8. The maximum atomic E-state index is 12.0. The molecule has 0 saturated heterocycles. The first kappa shape index (κ1) is 16.4. The third-order valence-corrected chi connectivity index (χ3v) is 4.34. The normalized spacial score (nSPS) is 21.9. The molecular weight excluding hydrogens is 311 g/mol. The lowest BCUT2D eigenvalue weighted by Crippen LogP contribution is -2.46. The van der Waals surface area contributed by atoms with Crippen LogP contribution in [-0.2, 0) is 4.79 Å². The highest BCUT2D eigenvalue weighted by Crippen LogP contribution is 2.27. The Morgan fingerprint density at radius 2 is 2.10 bits per heavy atom. The predicted octanol–water partition coefficient (Wildman–Crippen LogP) is 3.01. The molecule has 1 aliphatic rings. The summed E-state index contributed by atoms with van der Waals surface area (Å²) in [7, 11) is 0. The number of carbonyl (C=O) groups excluding carboxylic acids is 1. The zero-order valence-electron chi connectivity index (χ0n) is 11.8. The molecule has 1 aromatic rings. The fraction of sp³-hybridized carbons (Fsp3) is 0.533. The second-order valence-electron chi connectivity index (χ2n) is 5.32. The van der Waals surface area contributed by atoms with E-state index in [-0.39, 0.29) is 18.6 Å². The summed E-state index contributed by atoms with van der Waals surface area (Å²) in [5.41, 5.74) is 5.76. The van der Waals surface area contributed by atoms with Crippen LogP contribution in [0.1, 0.15) is 25.7 Å². The van der Waals surface area contributed by atoms with Crippen molar-refractivity contribution >= 4 is 29.1 Å². The van der Waals surface area contributed by atoms with Crippen LogP contribution in [0, 0.1) is 5.92 Å². The highest BCUT2D eigenvalue weighted by molar-refractivity contribution is 6.35. The topological polar surface area (TPSA) is 64.3 Å². The van der Waals surface area contributed by atoms with Gasteiger partial charge in [0, 0.05) is 11.1 Å². The molecule has 1 saturated carbocycles. The van der Waals surface area contributed by atoms with Gasteiger partial charge in [-0.3, -0.25) is 4.79 Å². The molecule has 2 unspecified atom stereocenters. The van der Waals surface area contributed by atoms with E-state index < -0.39 is 0 Å². The maximum absolute atomic E-state index is 12.0. The fourth-order valence-corrected chi connectivity index (χ4v) is 3.13. The van der Waals surface area contributed by atoms with Crippen LogP contribution in [-0.4, -0.2) is 25.1 Å². The van der Waals surface area contributed by atoms with Crippen LogP contribution in [0.2, 0.25) is 10.0 Å². The Labute approximate surface area is 134 Å². The lowest BCUT2D eigenvalue weighted by molar-refractivity contribution is -0.124. The number of halogens is 2. The molecular formula is C15H20Cl2N2O2. The van der Waals surface area contributed by atoms with Gasteiger partial charge in [-0.1, -0.05) is 36.0 Å². The van der Waals surface area contributed by atoms with E-state index in [0.29, 0.717) is 28.3 Å². The van der Waals surface area contributed by atoms with E-state index >= 15 is 0 Å². The van der Waals surface area contributed by atoms with Crippen LogP contribution in [0.15, 0.2) is 18.2 Å². The summed E-state index contributed by atoms with van der Waals surface area (Å²) in [6.07, 6.45) is 4.37. The molecule has 0 radical (unpaired) electrons. The van der Waals surface area contributed by atoms with E-state index in [0.717, 1.165) is 19.3 Å². The minimum atomic E-state index is -0.147. The molecule has 0 spiro atoms. The number of rotatable bonds is 5. The van der Waals surface area contributed by atoms with Crippen molar-refractivity contribution in [2.75, 3.05) is 13.2 Å². The Kier molecular flexibility index (Phi) is 6.15. The Morgan fingerprint density at radius 1 is 1.33 bits per heavy atom. The van der Waals surface area contributed by atoms with E-state index in [1.54, 1.807) is 18.2 Å². The van der Waals surface area contributed by atoms with Crippen LogP contribution in [0.5, 0.6) is 5.75 Å². The highest BCUT2D eigenvalue weighted by Gasteiger charge is 2.25. The molecule has 21 heavy (non-hydrogen) atoms. The van der Waals surface area contributed by atoms with E-state index in [1.165, 1.54) is 6.42 Å². The van der Waals surface area contributed by atoms with Crippen molar-refractivity contribution in [1.82, 2.24) is 5.32 Å². The average Bonchev–Trinajstić information content (AvgIpc) is 2.47. The van der Waals surface area contributed by atoms with Gasteiger partial charge in [-0.25, -0.2) is 0 Å². The molecule has 1 fully saturated rings. The van der Waals surface area contributed by atoms with Crippen molar-refractivity contribution < 1.29 is 9.53 Å². The molecule has 2 atom stereocenters. The lowest BCUT2D eigenvalue weighted by Gasteiger charge is -2.31. The molecule has 0 aromatic heterocycles. The quantitative estimate of drug-likeness (QED) is 0.872. The van der Waals surface area contributed by atoms with Crippen LogP contribution in [0.3, 0.4) is 0 Å². The number of hydrogen-bond donors (Lipinski definition) is 2. The van der Waals surface area contributed by atoms with Gasteiger partial charge >= 0.3 is 0 Å². The van der Waals surface area contributed by atoms with Crippen molar-refractivity contribution in [2.45, 2.75) is 31.7 Å². The third-order valence-electron chi connectivity index (χ3n) is 3.81. The maximum Gasteiger partial charge on any atom is 0.258 e. The molecule has 0 heterocycles. The Morgan fingerprint density at radius 3 is 2.81 bits per heavy atom. The van der Waals surface area contributed by atoms with E-state index in [9.17, 15) is 4.79 Å². The van der Waals surface area contributed by atoms with Gasteiger partial charge in [0.25, 0.3) is 5.91 Å². The largest absolute Gasteiger partial charge is 0.482 e. The molecule has 116 valence electrons. The predicted molar refractivity (Wildman–Crippen MR) is 84.9 cm³/mol. The number of ether oxygens (including phenoxy) is 1. The van der Waals surface area contributed by atoms with Crippen LogP contribution >= 0.6 is 23.2 Å². The van der Waals surface area contributed by atoms with Crippen molar-refractivity contribution in [2.24, 2.45) is 11.7 Å². The molecule has 6 heteroatoms. The van der Waals surface area contributed by atoms with Gasteiger partial charge in [0.15, 0.2) is 6.61 Å². The van der Waals surface area contributed by atoms with Crippen molar-refractivity contribution in [3.05, 3.63) is 28.2 Å². The standard InChI is InChI=1S/C15H20Cl2N2O2/c16-11-5-6-14(12(17)7-11)21-9-15(20)19-13-4-2-1-3-10(13)8-18/h5-7,10,13H,1-4,8-9,18H2,(H,19,20). The van der Waals surface area contributed by atoms with Gasteiger partial charge in [-0.05, 0) is 43.5 Å². The summed E-state index contributed by atoms with van der Waals surface area (Å²) < 4.78 is 5.43. The number of amides is 1. The summed E-state index contributed by atoms with van der Waals surface area (Å²) in [5.74, 6) is 0.670. The van der Waals surface area contributed by atoms with E-state index in [4.69, 9.17) is 33.7 Å². The minimum Gasteiger partial charge on any atom is -0.482 e. The average molecular weight is 331 g/mol. The molecule has 2 rings (SSSR count). The Hall–Kier alpha value is -0.970. The lowest BCUT2D eigenvalue weighted by atomic mass is 9.84. The first-order valence-corrected chi connectivity index (χ1v) is 7.93. The minimum absolute atomic E-state index is 0.0604. The summed E-state index contributed by atoms with van der Waals surface area (Å²) in [6, 6.07) is 5.07. The second kappa shape index (κ2) is 7.87.